The summed E-state index contributed by atoms with van der Waals surface area (Å²) in [7, 11) is 0. The summed E-state index contributed by atoms with van der Waals surface area (Å²) in [4.78, 5) is 12.4. The van der Waals surface area contributed by atoms with Crippen molar-refractivity contribution in [2.75, 3.05) is 6.61 Å². The second-order valence-electron chi connectivity index (χ2n) is 3.33. The molecule has 96 valence electrons. The van der Waals surface area contributed by atoms with E-state index < -0.39 is 5.38 Å². The van der Waals surface area contributed by atoms with E-state index in [1.54, 1.807) is 6.92 Å². The largest absolute Gasteiger partial charge is 0.463 e. The fourth-order valence-corrected chi connectivity index (χ4v) is 1.85. The van der Waals surface area contributed by atoms with E-state index >= 15 is 0 Å². The molecule has 1 heterocycles. The normalized spacial score (nSPS) is 9.84. The minimum absolute atomic E-state index is 0.0913. The van der Waals surface area contributed by atoms with Crippen molar-refractivity contribution >= 4 is 28.9 Å². The second kappa shape index (κ2) is 8.28. The van der Waals surface area contributed by atoms with Crippen molar-refractivity contribution in [1.82, 2.24) is 0 Å². The molecule has 0 saturated carbocycles. The van der Waals surface area contributed by atoms with Gasteiger partial charge >= 0.3 is 5.97 Å². The number of halogens is 1. The van der Waals surface area contributed by atoms with Gasteiger partial charge in [0.15, 0.2) is 0 Å². The molecule has 0 aromatic carbocycles. The summed E-state index contributed by atoms with van der Waals surface area (Å²) in [6.45, 7) is 3.16. The highest BCUT2D eigenvalue weighted by atomic mass is 35.5. The van der Waals surface area contributed by atoms with E-state index in [1.165, 1.54) is 18.3 Å². The van der Waals surface area contributed by atoms with Crippen molar-refractivity contribution < 1.29 is 9.53 Å². The van der Waals surface area contributed by atoms with Gasteiger partial charge in [-0.2, -0.15) is 0 Å². The molecule has 0 N–H and O–H groups in total. The van der Waals surface area contributed by atoms with E-state index in [4.69, 9.17) is 16.3 Å². The van der Waals surface area contributed by atoms with Gasteiger partial charge in [-0.3, -0.25) is 4.79 Å². The number of hydrogen-bond donors (Lipinski definition) is 0. The molecule has 2 nitrogen and oxygen atoms in total. The van der Waals surface area contributed by atoms with E-state index in [9.17, 15) is 4.79 Å². The van der Waals surface area contributed by atoms with Gasteiger partial charge in [-0.1, -0.05) is 17.8 Å². The van der Waals surface area contributed by atoms with Gasteiger partial charge in [0.05, 0.1) is 9.75 Å². The number of carbonyl (C=O) groups excluding carboxylic acids is 1. The average molecular weight is 291 g/mol. The Kier molecular flexibility index (Phi) is 6.62. The molecule has 0 aliphatic heterocycles. The minimum Gasteiger partial charge on any atom is -0.463 e. The quantitative estimate of drug-likeness (QED) is 0.475. The number of esters is 1. The van der Waals surface area contributed by atoms with Crippen LogP contribution in [0.5, 0.6) is 0 Å². The minimum atomic E-state index is -0.508. The summed E-state index contributed by atoms with van der Waals surface area (Å²) < 4.78 is 4.76. The molecule has 0 saturated heterocycles. The zero-order chi connectivity index (χ0) is 14.1. The summed E-state index contributed by atoms with van der Waals surface area (Å²) in [6.07, 6.45) is 0. The van der Waals surface area contributed by atoms with Gasteiger partial charge < -0.3 is 4.74 Å². The average Bonchev–Trinajstić information content (AvgIpc) is 2.82. The smallest absolute Gasteiger partial charge is 0.302 e. The topological polar surface area (TPSA) is 26.3 Å². The van der Waals surface area contributed by atoms with Gasteiger partial charge in [0.1, 0.15) is 12.0 Å². The fourth-order valence-electron chi connectivity index (χ4n) is 1.01. The molecule has 0 aliphatic rings. The van der Waals surface area contributed by atoms with Crippen LogP contribution in [-0.2, 0) is 9.53 Å². The van der Waals surface area contributed by atoms with Crippen molar-refractivity contribution in [2.45, 2.75) is 19.2 Å². The third-order valence-corrected chi connectivity index (χ3v) is 2.92. The lowest BCUT2D eigenvalue weighted by Crippen LogP contribution is -2.09. The summed E-state index contributed by atoms with van der Waals surface area (Å²) in [6, 6.07) is 3.75. The third kappa shape index (κ3) is 6.58. The van der Waals surface area contributed by atoms with Crippen LogP contribution in [-0.4, -0.2) is 18.0 Å². The van der Waals surface area contributed by atoms with Gasteiger partial charge in [-0.05, 0) is 36.8 Å². The van der Waals surface area contributed by atoms with Gasteiger partial charge in [-0.15, -0.1) is 22.9 Å². The van der Waals surface area contributed by atoms with Crippen LogP contribution in [0.25, 0.3) is 0 Å². The summed E-state index contributed by atoms with van der Waals surface area (Å²) in [5, 5.41) is -0.508. The second-order valence-corrected chi connectivity index (χ2v) is 4.94. The van der Waals surface area contributed by atoms with Gasteiger partial charge in [0.25, 0.3) is 0 Å². The Labute approximate surface area is 122 Å². The highest BCUT2D eigenvalue weighted by molar-refractivity contribution is 7.13. The fraction of sp³-hybridized carbons (Fsp3) is 0.267. The van der Waals surface area contributed by atoms with Crippen LogP contribution in [0.3, 0.4) is 0 Å². The lowest BCUT2D eigenvalue weighted by Gasteiger charge is -2.00. The van der Waals surface area contributed by atoms with Gasteiger partial charge in [-0.25, -0.2) is 0 Å². The first-order valence-corrected chi connectivity index (χ1v) is 6.68. The molecule has 1 aromatic rings. The Balaban J connectivity index is 2.61. The highest BCUT2D eigenvalue weighted by Crippen LogP contribution is 2.14. The lowest BCUT2D eigenvalue weighted by atomic mass is 10.4. The molecule has 0 unspecified atom stereocenters. The molecule has 1 rings (SSSR count). The zero-order valence-electron chi connectivity index (χ0n) is 10.5. The van der Waals surface area contributed by atoms with Crippen LogP contribution < -0.4 is 0 Å². The molecule has 0 aliphatic carbocycles. The number of rotatable bonds is 2. The molecule has 4 heteroatoms. The molecular formula is C15H11ClO2S. The Morgan fingerprint density at radius 1 is 1.37 bits per heavy atom. The van der Waals surface area contributed by atoms with E-state index in [0.29, 0.717) is 0 Å². The van der Waals surface area contributed by atoms with Gasteiger partial charge in [0, 0.05) is 6.92 Å². The molecule has 1 atom stereocenters. The molecule has 0 fully saturated rings. The predicted octanol–water partition coefficient (Wildman–Crippen LogP) is 2.64. The maximum atomic E-state index is 10.6. The number of ether oxygens (including phenoxy) is 1. The van der Waals surface area contributed by atoms with Crippen LogP contribution in [0.2, 0.25) is 0 Å². The molecule has 1 aromatic heterocycles. The summed E-state index contributed by atoms with van der Waals surface area (Å²) in [5.41, 5.74) is 0. The maximum absolute atomic E-state index is 10.6. The molecule has 19 heavy (non-hydrogen) atoms. The van der Waals surface area contributed by atoms with Crippen molar-refractivity contribution in [3.63, 3.8) is 0 Å². The standard InChI is InChI=1S/C15H11ClO2S/c1-3-4-5-6-14-9-10-15(19-14)8-7-13(16)11-18-12(2)17/h9-10,13H,11H2,1-2H3/t13-/m0/s1. The molecule has 0 radical (unpaired) electrons. The first-order valence-electron chi connectivity index (χ1n) is 5.43. The number of alkyl halides is 1. The van der Waals surface area contributed by atoms with E-state index in [0.717, 1.165) is 9.75 Å². The van der Waals surface area contributed by atoms with Crippen LogP contribution in [0.15, 0.2) is 12.1 Å². The van der Waals surface area contributed by atoms with E-state index in [2.05, 4.69) is 35.5 Å². The Hall–Kier alpha value is -1.86. The lowest BCUT2D eigenvalue weighted by molar-refractivity contribution is -0.140. The first-order chi connectivity index (χ1) is 9.11. The molecule has 0 bridgehead atoms. The summed E-state index contributed by atoms with van der Waals surface area (Å²) >= 11 is 7.36. The van der Waals surface area contributed by atoms with Crippen LogP contribution in [0.1, 0.15) is 23.6 Å². The van der Waals surface area contributed by atoms with Crippen molar-refractivity contribution in [1.29, 1.82) is 0 Å². The van der Waals surface area contributed by atoms with E-state index in [1.807, 2.05) is 12.1 Å². The Morgan fingerprint density at radius 3 is 2.68 bits per heavy atom. The first kappa shape index (κ1) is 15.2. The number of carbonyl (C=O) groups is 1. The van der Waals surface area contributed by atoms with E-state index in [-0.39, 0.29) is 12.6 Å². The molecular weight excluding hydrogens is 280 g/mol. The Bertz CT molecular complexity index is 626. The molecule has 0 amide bonds. The van der Waals surface area contributed by atoms with Crippen molar-refractivity contribution in [3.8, 4) is 35.5 Å². The van der Waals surface area contributed by atoms with Crippen LogP contribution in [0.4, 0.5) is 0 Å². The monoisotopic (exact) mass is 290 g/mol. The van der Waals surface area contributed by atoms with Crippen LogP contribution in [0, 0.1) is 35.5 Å². The van der Waals surface area contributed by atoms with Gasteiger partial charge in [0.2, 0.25) is 0 Å². The maximum Gasteiger partial charge on any atom is 0.302 e. The Morgan fingerprint density at radius 2 is 2.05 bits per heavy atom. The highest BCUT2D eigenvalue weighted by Gasteiger charge is 2.02. The molecule has 0 spiro atoms. The zero-order valence-corrected chi connectivity index (χ0v) is 12.1. The van der Waals surface area contributed by atoms with Crippen molar-refractivity contribution in [2.24, 2.45) is 0 Å². The SMILES string of the molecule is CC#CC#Cc1ccc(C#C[C@H](Cl)COC(C)=O)s1. The number of thiophene rings is 1. The number of hydrogen-bond acceptors (Lipinski definition) is 3. The summed E-state index contributed by atoms with van der Waals surface area (Å²) in [5.74, 6) is 16.4. The third-order valence-electron chi connectivity index (χ3n) is 1.76. The van der Waals surface area contributed by atoms with Crippen LogP contribution >= 0.6 is 22.9 Å². The predicted molar refractivity (Wildman–Crippen MR) is 77.8 cm³/mol. The van der Waals surface area contributed by atoms with Crippen molar-refractivity contribution in [3.05, 3.63) is 21.9 Å².